The van der Waals surface area contributed by atoms with Gasteiger partial charge in [0.15, 0.2) is 0 Å². The highest BCUT2D eigenvalue weighted by atomic mass is 35.5. The maximum absolute atomic E-state index is 13.6. The first-order valence-electron chi connectivity index (χ1n) is 10.6. The van der Waals surface area contributed by atoms with Crippen molar-refractivity contribution in [2.75, 3.05) is 6.61 Å². The SMILES string of the molecule is Cn1c(=O)c2c(-c3ccc(Cl)cc3Cl)n3c(c2n(C)c1=O)[C@@H](c1ccccc1)OCC3(C)C. The number of aromatic nitrogens is 3. The molecule has 0 radical (unpaired) electrons. The number of rotatable bonds is 2. The molecule has 6 nitrogen and oxygen atoms in total. The Kier molecular flexibility index (Phi) is 5.08. The fourth-order valence-electron chi connectivity index (χ4n) is 4.82. The number of hydrogen-bond acceptors (Lipinski definition) is 3. The van der Waals surface area contributed by atoms with Crippen LogP contribution in [0.1, 0.15) is 31.2 Å². The lowest BCUT2D eigenvalue weighted by molar-refractivity contribution is -0.00707. The van der Waals surface area contributed by atoms with Gasteiger partial charge in [0.25, 0.3) is 5.56 Å². The van der Waals surface area contributed by atoms with Crippen molar-refractivity contribution in [2.45, 2.75) is 25.5 Å². The van der Waals surface area contributed by atoms with Crippen LogP contribution in [0.4, 0.5) is 0 Å². The molecule has 0 bridgehead atoms. The van der Waals surface area contributed by atoms with E-state index in [1.54, 1.807) is 19.2 Å². The molecule has 2 aromatic carbocycles. The molecule has 0 saturated heterocycles. The third-order valence-electron chi connectivity index (χ3n) is 6.35. The molecule has 4 aromatic rings. The molecule has 170 valence electrons. The smallest absolute Gasteiger partial charge is 0.331 e. The molecule has 0 fully saturated rings. The van der Waals surface area contributed by atoms with Crippen LogP contribution < -0.4 is 11.2 Å². The summed E-state index contributed by atoms with van der Waals surface area (Å²) in [7, 11) is 3.17. The third-order valence-corrected chi connectivity index (χ3v) is 6.90. The van der Waals surface area contributed by atoms with Gasteiger partial charge in [-0.3, -0.25) is 13.9 Å². The minimum Gasteiger partial charge on any atom is -0.365 e. The minimum absolute atomic E-state index is 0.376. The molecule has 0 amide bonds. The number of fused-ring (bicyclic) bond motifs is 3. The summed E-state index contributed by atoms with van der Waals surface area (Å²) < 4.78 is 11.2. The summed E-state index contributed by atoms with van der Waals surface area (Å²) in [5, 5.41) is 1.36. The summed E-state index contributed by atoms with van der Waals surface area (Å²) >= 11 is 12.8. The summed E-state index contributed by atoms with van der Waals surface area (Å²) in [6.07, 6.45) is -0.459. The van der Waals surface area contributed by atoms with Gasteiger partial charge in [-0.25, -0.2) is 4.79 Å². The molecule has 1 aliphatic rings. The lowest BCUT2D eigenvalue weighted by Gasteiger charge is -2.39. The van der Waals surface area contributed by atoms with Crippen molar-refractivity contribution in [3.8, 4) is 11.3 Å². The Morgan fingerprint density at radius 3 is 2.36 bits per heavy atom. The second-order valence-corrected chi connectivity index (χ2v) is 9.88. The standard InChI is InChI=1S/C25H23Cl2N3O3/c1-25(2)13-33-22(14-8-6-5-7-9-14)21-20-18(23(31)29(4)24(32)28(20)3)19(30(21)25)16-11-10-15(26)12-17(16)27/h5-12,22H,13H2,1-4H3/t22-/m1/s1. The topological polar surface area (TPSA) is 58.2 Å². The van der Waals surface area contributed by atoms with Crippen molar-refractivity contribution >= 4 is 34.1 Å². The zero-order valence-corrected chi connectivity index (χ0v) is 20.2. The normalized spacial score (nSPS) is 17.3. The van der Waals surface area contributed by atoms with Crippen LogP contribution >= 0.6 is 23.2 Å². The van der Waals surface area contributed by atoms with Crippen LogP contribution in [-0.2, 0) is 24.4 Å². The molecular formula is C25H23Cl2N3O3. The van der Waals surface area contributed by atoms with E-state index >= 15 is 0 Å². The minimum atomic E-state index is -0.515. The summed E-state index contributed by atoms with van der Waals surface area (Å²) in [6.45, 7) is 4.51. The van der Waals surface area contributed by atoms with Crippen molar-refractivity contribution < 1.29 is 4.74 Å². The zero-order chi connectivity index (χ0) is 23.7. The molecule has 2 aromatic heterocycles. The number of halogens is 2. The summed E-state index contributed by atoms with van der Waals surface area (Å²) in [5.41, 5.74) is 2.29. The van der Waals surface area contributed by atoms with Crippen LogP contribution in [0.25, 0.3) is 22.2 Å². The molecule has 0 N–H and O–H groups in total. The van der Waals surface area contributed by atoms with Gasteiger partial charge in [-0.05, 0) is 37.6 Å². The van der Waals surface area contributed by atoms with Gasteiger partial charge in [0.05, 0.1) is 39.5 Å². The Morgan fingerprint density at radius 1 is 1.00 bits per heavy atom. The third kappa shape index (κ3) is 3.20. The van der Waals surface area contributed by atoms with Crippen LogP contribution in [0.15, 0.2) is 58.1 Å². The molecule has 0 saturated carbocycles. The molecule has 0 aliphatic carbocycles. The first kappa shape index (κ1) is 22.0. The van der Waals surface area contributed by atoms with Gasteiger partial charge in [-0.2, -0.15) is 0 Å². The van der Waals surface area contributed by atoms with Crippen LogP contribution in [0.2, 0.25) is 10.0 Å². The second-order valence-electron chi connectivity index (χ2n) is 9.04. The maximum Gasteiger partial charge on any atom is 0.331 e. The van der Waals surface area contributed by atoms with Gasteiger partial charge < -0.3 is 9.30 Å². The fourth-order valence-corrected chi connectivity index (χ4v) is 5.31. The number of benzene rings is 2. The van der Waals surface area contributed by atoms with Crippen molar-refractivity contribution in [2.24, 2.45) is 14.1 Å². The van der Waals surface area contributed by atoms with Crippen molar-refractivity contribution in [3.63, 3.8) is 0 Å². The Balaban J connectivity index is 2.04. The molecule has 33 heavy (non-hydrogen) atoms. The van der Waals surface area contributed by atoms with E-state index in [0.29, 0.717) is 38.8 Å². The maximum atomic E-state index is 13.6. The van der Waals surface area contributed by atoms with Crippen LogP contribution in [0.3, 0.4) is 0 Å². The molecule has 0 spiro atoms. The van der Waals surface area contributed by atoms with Crippen molar-refractivity contribution in [1.29, 1.82) is 0 Å². The highest BCUT2D eigenvalue weighted by molar-refractivity contribution is 6.36. The van der Waals surface area contributed by atoms with Crippen molar-refractivity contribution in [3.05, 3.63) is 90.7 Å². The van der Waals surface area contributed by atoms with E-state index < -0.39 is 17.3 Å². The zero-order valence-electron chi connectivity index (χ0n) is 18.7. The average Bonchev–Trinajstić information content (AvgIpc) is 3.14. The van der Waals surface area contributed by atoms with E-state index in [2.05, 4.69) is 4.57 Å². The Bertz CT molecular complexity index is 1530. The number of aryl methyl sites for hydroxylation is 1. The molecule has 1 atom stereocenters. The highest BCUT2D eigenvalue weighted by Gasteiger charge is 2.41. The van der Waals surface area contributed by atoms with Gasteiger partial charge in [-0.15, -0.1) is 0 Å². The fraction of sp³-hybridized carbons (Fsp3) is 0.280. The van der Waals surface area contributed by atoms with E-state index in [0.717, 1.165) is 15.8 Å². The molecule has 8 heteroatoms. The van der Waals surface area contributed by atoms with Gasteiger partial charge >= 0.3 is 5.69 Å². The van der Waals surface area contributed by atoms with Crippen LogP contribution in [0, 0.1) is 0 Å². The molecule has 5 rings (SSSR count). The van der Waals surface area contributed by atoms with E-state index in [4.69, 9.17) is 27.9 Å². The predicted octanol–water partition coefficient (Wildman–Crippen LogP) is 4.87. The molecular weight excluding hydrogens is 461 g/mol. The Labute approximate surface area is 200 Å². The monoisotopic (exact) mass is 483 g/mol. The predicted molar refractivity (Wildman–Crippen MR) is 131 cm³/mol. The number of nitrogens with zero attached hydrogens (tertiary/aromatic N) is 3. The van der Waals surface area contributed by atoms with Gasteiger partial charge in [0, 0.05) is 24.7 Å². The molecule has 3 heterocycles. The van der Waals surface area contributed by atoms with E-state index in [-0.39, 0.29) is 5.56 Å². The quantitative estimate of drug-likeness (QED) is 0.408. The lowest BCUT2D eigenvalue weighted by atomic mass is 9.98. The van der Waals surface area contributed by atoms with Crippen molar-refractivity contribution in [1.82, 2.24) is 13.7 Å². The summed E-state index contributed by atoms with van der Waals surface area (Å²) in [5.74, 6) is 0. The average molecular weight is 484 g/mol. The Morgan fingerprint density at radius 2 is 1.70 bits per heavy atom. The first-order valence-corrected chi connectivity index (χ1v) is 11.4. The second kappa shape index (κ2) is 7.62. The van der Waals surface area contributed by atoms with E-state index in [9.17, 15) is 9.59 Å². The number of hydrogen-bond donors (Lipinski definition) is 0. The van der Waals surface area contributed by atoms with Crippen LogP contribution in [-0.4, -0.2) is 20.3 Å². The number of ether oxygens (including phenoxy) is 1. The Hall–Kier alpha value is -2.80. The van der Waals surface area contributed by atoms with E-state index in [1.807, 2.05) is 50.2 Å². The highest BCUT2D eigenvalue weighted by Crippen LogP contribution is 2.46. The largest absolute Gasteiger partial charge is 0.365 e. The van der Waals surface area contributed by atoms with E-state index in [1.165, 1.54) is 11.6 Å². The lowest BCUT2D eigenvalue weighted by Crippen LogP contribution is -2.40. The summed E-state index contributed by atoms with van der Waals surface area (Å²) in [6, 6.07) is 15.0. The van der Waals surface area contributed by atoms with Gasteiger partial charge in [-0.1, -0.05) is 53.5 Å². The first-order chi connectivity index (χ1) is 15.6. The summed E-state index contributed by atoms with van der Waals surface area (Å²) in [4.78, 5) is 26.6. The van der Waals surface area contributed by atoms with Gasteiger partial charge in [0.1, 0.15) is 6.10 Å². The molecule has 0 unspecified atom stereocenters. The van der Waals surface area contributed by atoms with Gasteiger partial charge in [0.2, 0.25) is 0 Å². The molecule has 1 aliphatic heterocycles. The van der Waals surface area contributed by atoms with Crippen LogP contribution in [0.5, 0.6) is 0 Å².